The van der Waals surface area contributed by atoms with Crippen LogP contribution in [0.1, 0.15) is 49.8 Å². The highest BCUT2D eigenvalue weighted by Crippen LogP contribution is 2.37. The molecule has 0 aromatic heterocycles. The molecule has 1 aliphatic carbocycles. The van der Waals surface area contributed by atoms with Crippen LogP contribution in [0.3, 0.4) is 0 Å². The molecule has 0 fully saturated rings. The van der Waals surface area contributed by atoms with Gasteiger partial charge in [0, 0.05) is 24.8 Å². The summed E-state index contributed by atoms with van der Waals surface area (Å²) >= 11 is 0. The summed E-state index contributed by atoms with van der Waals surface area (Å²) in [7, 11) is 3.34. The zero-order chi connectivity index (χ0) is 18.8. The Morgan fingerprint density at radius 3 is 2.35 bits per heavy atom. The lowest BCUT2D eigenvalue weighted by Gasteiger charge is -2.03. The predicted molar refractivity (Wildman–Crippen MR) is 111 cm³/mol. The van der Waals surface area contributed by atoms with Gasteiger partial charge in [-0.1, -0.05) is 67.6 Å². The van der Waals surface area contributed by atoms with E-state index in [0.717, 1.165) is 42.7 Å². The number of fused-ring (bicyclic) bond motifs is 3. The molecule has 0 radical (unpaired) electrons. The maximum absolute atomic E-state index is 5.07. The Balaban J connectivity index is 0.00000117. The van der Waals surface area contributed by atoms with Gasteiger partial charge in [0.15, 0.2) is 0 Å². The summed E-state index contributed by atoms with van der Waals surface area (Å²) in [5.74, 6) is 0. The maximum atomic E-state index is 5.07. The van der Waals surface area contributed by atoms with Crippen LogP contribution in [0.2, 0.25) is 0 Å². The average Bonchev–Trinajstić information content (AvgIpc) is 3.00. The quantitative estimate of drug-likeness (QED) is 0.390. The number of nitrogens with zero attached hydrogens (tertiary/aromatic N) is 1. The first-order valence-corrected chi connectivity index (χ1v) is 9.36. The molecule has 0 aliphatic heterocycles. The number of rotatable bonds is 7. The molecule has 0 unspecified atom stereocenters. The monoisotopic (exact) mass is 351 g/mol. The van der Waals surface area contributed by atoms with Crippen LogP contribution in [0.25, 0.3) is 17.2 Å². The second kappa shape index (κ2) is 10.6. The lowest BCUT2D eigenvalue weighted by Crippen LogP contribution is -1.99. The third kappa shape index (κ3) is 4.61. The van der Waals surface area contributed by atoms with E-state index in [0.29, 0.717) is 0 Å². The molecule has 3 rings (SSSR count). The fourth-order valence-corrected chi connectivity index (χ4v) is 3.08. The van der Waals surface area contributed by atoms with E-state index in [4.69, 9.17) is 9.57 Å². The minimum absolute atomic E-state index is 0.835. The number of allylic oxidation sites excluding steroid dienone is 1. The Bertz CT molecular complexity index is 763. The predicted octanol–water partition coefficient (Wildman–Crippen LogP) is 5.92. The third-order valence-electron chi connectivity index (χ3n) is 4.23. The highest BCUT2D eigenvalue weighted by molar-refractivity contribution is 6.24. The van der Waals surface area contributed by atoms with Crippen molar-refractivity contribution in [1.29, 1.82) is 0 Å². The number of unbranched alkanes of at least 4 members (excludes halogenated alkanes) is 2. The fraction of sp³-hybridized carbons (Fsp3) is 0.348. The molecule has 0 saturated carbocycles. The Morgan fingerprint density at radius 1 is 0.885 bits per heavy atom. The molecular formula is C23H29NO2. The molecular weight excluding hydrogens is 322 g/mol. The molecule has 2 aromatic rings. The minimum atomic E-state index is 0.835. The van der Waals surface area contributed by atoms with Gasteiger partial charge in [-0.3, -0.25) is 0 Å². The van der Waals surface area contributed by atoms with E-state index in [1.807, 2.05) is 19.9 Å². The van der Waals surface area contributed by atoms with Gasteiger partial charge in [0.2, 0.25) is 0 Å². The number of methoxy groups -OCH3 is 1. The summed E-state index contributed by atoms with van der Waals surface area (Å²) in [6, 6.07) is 14.9. The molecule has 138 valence electrons. The van der Waals surface area contributed by atoms with Gasteiger partial charge in [-0.05, 0) is 42.0 Å². The van der Waals surface area contributed by atoms with Crippen molar-refractivity contribution in [1.82, 2.24) is 0 Å². The standard InChI is InChI=1S/C21H23NO2.C2H6/c1-23-14-8-4-3-5-9-16-12-13-18-17-10-6-7-11-19(17)21(22-24-2)20(18)15-16;1-2/h5-7,9-13,15H,3-4,8,14H2,1-2H3;1-2H3/b9-5+,22-21-;. The van der Waals surface area contributed by atoms with Crippen LogP contribution in [0, 0.1) is 0 Å². The Hall–Kier alpha value is -2.39. The highest BCUT2D eigenvalue weighted by atomic mass is 16.6. The van der Waals surface area contributed by atoms with Crippen molar-refractivity contribution in [3.05, 3.63) is 65.2 Å². The first kappa shape index (κ1) is 19.9. The molecule has 3 nitrogen and oxygen atoms in total. The van der Waals surface area contributed by atoms with Gasteiger partial charge < -0.3 is 9.57 Å². The van der Waals surface area contributed by atoms with Crippen LogP contribution in [0.15, 0.2) is 53.7 Å². The molecule has 3 heteroatoms. The van der Waals surface area contributed by atoms with Crippen LogP contribution in [-0.2, 0) is 9.57 Å². The summed E-state index contributed by atoms with van der Waals surface area (Å²) in [6.07, 6.45) is 7.73. The summed E-state index contributed by atoms with van der Waals surface area (Å²) in [6.45, 7) is 4.84. The van der Waals surface area contributed by atoms with E-state index in [1.165, 1.54) is 16.7 Å². The minimum Gasteiger partial charge on any atom is -0.399 e. The van der Waals surface area contributed by atoms with Crippen molar-refractivity contribution in [2.45, 2.75) is 33.1 Å². The van der Waals surface area contributed by atoms with Crippen LogP contribution in [0.4, 0.5) is 0 Å². The van der Waals surface area contributed by atoms with Gasteiger partial charge in [-0.2, -0.15) is 0 Å². The molecule has 0 heterocycles. The Labute approximate surface area is 157 Å². The van der Waals surface area contributed by atoms with E-state index in [1.54, 1.807) is 14.2 Å². The van der Waals surface area contributed by atoms with Crippen LogP contribution in [0.5, 0.6) is 0 Å². The lowest BCUT2D eigenvalue weighted by atomic mass is 10.0. The molecule has 0 atom stereocenters. The van der Waals surface area contributed by atoms with Crippen molar-refractivity contribution in [2.75, 3.05) is 20.8 Å². The smallest absolute Gasteiger partial charge is 0.118 e. The number of hydrogen-bond acceptors (Lipinski definition) is 3. The molecule has 0 N–H and O–H groups in total. The molecule has 0 spiro atoms. The first-order valence-electron chi connectivity index (χ1n) is 9.36. The molecule has 1 aliphatic rings. The normalized spacial score (nSPS) is 13.3. The first-order chi connectivity index (χ1) is 12.8. The second-order valence-electron chi connectivity index (χ2n) is 5.86. The number of oxime groups is 1. The summed E-state index contributed by atoms with van der Waals surface area (Å²) in [4.78, 5) is 5.07. The summed E-state index contributed by atoms with van der Waals surface area (Å²) in [5, 5.41) is 4.26. The van der Waals surface area contributed by atoms with Gasteiger partial charge in [0.05, 0.1) is 0 Å². The maximum Gasteiger partial charge on any atom is 0.118 e. The van der Waals surface area contributed by atoms with Crippen LogP contribution < -0.4 is 0 Å². The van der Waals surface area contributed by atoms with Crippen molar-refractivity contribution in [3.63, 3.8) is 0 Å². The molecule has 0 amide bonds. The zero-order valence-corrected chi connectivity index (χ0v) is 16.3. The van der Waals surface area contributed by atoms with E-state index >= 15 is 0 Å². The van der Waals surface area contributed by atoms with Crippen molar-refractivity contribution < 1.29 is 9.57 Å². The second-order valence-corrected chi connectivity index (χ2v) is 5.86. The SMILES string of the molecule is CC.COCCCC/C=C/c1ccc2c(c1)/C(=N\OC)c1ccccc1-2. The van der Waals surface area contributed by atoms with E-state index < -0.39 is 0 Å². The third-order valence-corrected chi connectivity index (χ3v) is 4.23. The largest absolute Gasteiger partial charge is 0.399 e. The van der Waals surface area contributed by atoms with E-state index in [9.17, 15) is 0 Å². The van der Waals surface area contributed by atoms with Crippen LogP contribution in [-0.4, -0.2) is 26.5 Å². The molecule has 0 bridgehead atoms. The summed E-state index contributed by atoms with van der Waals surface area (Å²) in [5.41, 5.74) is 6.82. The van der Waals surface area contributed by atoms with Gasteiger partial charge in [0.1, 0.15) is 12.8 Å². The molecule has 26 heavy (non-hydrogen) atoms. The molecule has 2 aromatic carbocycles. The lowest BCUT2D eigenvalue weighted by molar-refractivity contribution is 0.193. The number of benzene rings is 2. The van der Waals surface area contributed by atoms with Gasteiger partial charge in [-0.25, -0.2) is 0 Å². The van der Waals surface area contributed by atoms with Crippen molar-refractivity contribution >= 4 is 11.8 Å². The van der Waals surface area contributed by atoms with Crippen molar-refractivity contribution in [2.24, 2.45) is 5.16 Å². The van der Waals surface area contributed by atoms with E-state index in [2.05, 4.69) is 53.7 Å². The van der Waals surface area contributed by atoms with E-state index in [-0.39, 0.29) is 0 Å². The summed E-state index contributed by atoms with van der Waals surface area (Å²) < 4.78 is 5.07. The average molecular weight is 351 g/mol. The van der Waals surface area contributed by atoms with Gasteiger partial charge in [0.25, 0.3) is 0 Å². The van der Waals surface area contributed by atoms with Gasteiger partial charge in [-0.15, -0.1) is 0 Å². The topological polar surface area (TPSA) is 30.8 Å². The number of ether oxygens (including phenoxy) is 1. The van der Waals surface area contributed by atoms with Gasteiger partial charge >= 0.3 is 0 Å². The highest BCUT2D eigenvalue weighted by Gasteiger charge is 2.25. The zero-order valence-electron chi connectivity index (χ0n) is 16.3. The Kier molecular flexibility index (Phi) is 8.10. The Morgan fingerprint density at radius 2 is 1.62 bits per heavy atom. The van der Waals surface area contributed by atoms with Crippen molar-refractivity contribution in [3.8, 4) is 11.1 Å². The number of hydrogen-bond donors (Lipinski definition) is 0. The fourth-order valence-electron chi connectivity index (χ4n) is 3.08. The van der Waals surface area contributed by atoms with Crippen LogP contribution >= 0.6 is 0 Å². The molecule has 0 saturated heterocycles.